The van der Waals surface area contributed by atoms with E-state index in [1.165, 1.54) is 12.3 Å². The predicted octanol–water partition coefficient (Wildman–Crippen LogP) is 0.296. The lowest BCUT2D eigenvalue weighted by Crippen LogP contribution is -2.25. The number of nitro groups is 1. The highest BCUT2D eigenvalue weighted by Crippen LogP contribution is 2.28. The number of Topliss-reactive ketones (excluding diaryl/α,β-unsaturated/α-hetero) is 1. The van der Waals surface area contributed by atoms with Gasteiger partial charge >= 0.3 is 5.69 Å². The molecule has 1 aromatic heterocycles. The van der Waals surface area contributed by atoms with Gasteiger partial charge in [0.2, 0.25) is 5.91 Å². The highest BCUT2D eigenvalue weighted by molar-refractivity contribution is 6.15. The van der Waals surface area contributed by atoms with Crippen molar-refractivity contribution < 1.29 is 14.5 Å². The van der Waals surface area contributed by atoms with Gasteiger partial charge in [-0.15, -0.1) is 0 Å². The van der Waals surface area contributed by atoms with E-state index in [1.807, 2.05) is 0 Å². The van der Waals surface area contributed by atoms with Gasteiger partial charge < -0.3 is 0 Å². The lowest BCUT2D eigenvalue weighted by Gasteiger charge is -2.13. The lowest BCUT2D eigenvalue weighted by atomic mass is 10.3. The van der Waals surface area contributed by atoms with Crippen molar-refractivity contribution in [3.05, 3.63) is 28.6 Å². The number of nitrogens with zero attached hydrogens (tertiary/aromatic N) is 3. The van der Waals surface area contributed by atoms with Crippen LogP contribution in [0.2, 0.25) is 0 Å². The van der Waals surface area contributed by atoms with E-state index in [-0.39, 0.29) is 30.1 Å². The Hall–Kier alpha value is -2.31. The van der Waals surface area contributed by atoms with E-state index in [0.29, 0.717) is 0 Å². The molecule has 16 heavy (non-hydrogen) atoms. The van der Waals surface area contributed by atoms with Crippen LogP contribution in [0.1, 0.15) is 6.42 Å². The number of hydrogen-bond donors (Lipinski definition) is 0. The molecule has 1 saturated heterocycles. The van der Waals surface area contributed by atoms with Gasteiger partial charge in [0.25, 0.3) is 0 Å². The van der Waals surface area contributed by atoms with Crippen molar-refractivity contribution in [2.24, 2.45) is 0 Å². The quantitative estimate of drug-likeness (QED) is 0.406. The van der Waals surface area contributed by atoms with Gasteiger partial charge in [0.05, 0.1) is 17.9 Å². The zero-order valence-corrected chi connectivity index (χ0v) is 8.12. The van der Waals surface area contributed by atoms with Gasteiger partial charge in [-0.05, 0) is 6.07 Å². The molecule has 1 aliphatic rings. The van der Waals surface area contributed by atoms with Crippen molar-refractivity contribution in [3.63, 3.8) is 0 Å². The van der Waals surface area contributed by atoms with Crippen LogP contribution in [-0.2, 0) is 9.59 Å². The van der Waals surface area contributed by atoms with Gasteiger partial charge in [-0.25, -0.2) is 0 Å². The number of amides is 1. The predicted molar refractivity (Wildman–Crippen MR) is 52.9 cm³/mol. The minimum atomic E-state index is -0.627. The molecular formula is C9H7N3O4. The second-order valence-corrected chi connectivity index (χ2v) is 3.32. The first kappa shape index (κ1) is 10.2. The zero-order valence-electron chi connectivity index (χ0n) is 8.12. The second kappa shape index (κ2) is 3.69. The molecule has 2 rings (SSSR count). The van der Waals surface area contributed by atoms with Crippen LogP contribution in [0, 0.1) is 10.1 Å². The first-order valence-electron chi connectivity index (χ1n) is 4.50. The molecule has 7 nitrogen and oxygen atoms in total. The molecule has 0 radical (unpaired) electrons. The summed E-state index contributed by atoms with van der Waals surface area (Å²) in [5.74, 6) is -0.657. The van der Waals surface area contributed by atoms with E-state index in [4.69, 9.17) is 0 Å². The van der Waals surface area contributed by atoms with Crippen LogP contribution >= 0.6 is 0 Å². The van der Waals surface area contributed by atoms with Crippen LogP contribution in [0.3, 0.4) is 0 Å². The van der Waals surface area contributed by atoms with E-state index >= 15 is 0 Å². The Morgan fingerprint density at radius 2 is 2.19 bits per heavy atom. The number of carbonyl (C=O) groups is 2. The normalized spacial score (nSPS) is 15.6. The SMILES string of the molecule is O=C1CC(=O)N(c2ccncc2[N+](=O)[O-])C1. The van der Waals surface area contributed by atoms with Crippen LogP contribution in [0.5, 0.6) is 0 Å². The first-order chi connectivity index (χ1) is 7.59. The third-order valence-electron chi connectivity index (χ3n) is 2.25. The van der Waals surface area contributed by atoms with Crippen molar-refractivity contribution in [1.82, 2.24) is 4.98 Å². The van der Waals surface area contributed by atoms with Gasteiger partial charge in [0.1, 0.15) is 11.9 Å². The molecule has 1 amide bonds. The third kappa shape index (κ3) is 1.62. The standard InChI is InChI=1S/C9H7N3O4/c13-6-3-9(14)11(5-6)7-1-2-10-4-8(7)12(15)16/h1-2,4H,3,5H2. The van der Waals surface area contributed by atoms with Crippen molar-refractivity contribution in [2.45, 2.75) is 6.42 Å². The van der Waals surface area contributed by atoms with Crippen LogP contribution in [0.25, 0.3) is 0 Å². The van der Waals surface area contributed by atoms with Crippen LogP contribution in [0.15, 0.2) is 18.5 Å². The molecule has 0 bridgehead atoms. The fourth-order valence-corrected chi connectivity index (χ4v) is 1.55. The number of aromatic nitrogens is 1. The molecule has 0 unspecified atom stereocenters. The van der Waals surface area contributed by atoms with Gasteiger partial charge in [0.15, 0.2) is 5.78 Å². The lowest BCUT2D eigenvalue weighted by molar-refractivity contribution is -0.384. The average molecular weight is 221 g/mol. The molecule has 82 valence electrons. The Kier molecular flexibility index (Phi) is 2.35. The van der Waals surface area contributed by atoms with Crippen LogP contribution < -0.4 is 4.90 Å². The molecule has 0 N–H and O–H groups in total. The topological polar surface area (TPSA) is 93.4 Å². The summed E-state index contributed by atoms with van der Waals surface area (Å²) in [5.41, 5.74) is -0.151. The largest absolute Gasteiger partial charge is 0.311 e. The van der Waals surface area contributed by atoms with Gasteiger partial charge in [-0.2, -0.15) is 0 Å². The Labute approximate surface area is 89.8 Å². The van der Waals surface area contributed by atoms with Crippen molar-refractivity contribution in [2.75, 3.05) is 11.4 Å². The van der Waals surface area contributed by atoms with Crippen molar-refractivity contribution in [3.8, 4) is 0 Å². The summed E-state index contributed by atoms with van der Waals surface area (Å²) >= 11 is 0. The highest BCUT2D eigenvalue weighted by atomic mass is 16.6. The Morgan fingerprint density at radius 1 is 1.44 bits per heavy atom. The Morgan fingerprint density at radius 3 is 2.75 bits per heavy atom. The first-order valence-corrected chi connectivity index (χ1v) is 4.50. The summed E-state index contributed by atoms with van der Waals surface area (Å²) in [5, 5.41) is 10.7. The molecule has 1 aromatic rings. The molecule has 0 spiro atoms. The maximum absolute atomic E-state index is 11.4. The molecule has 2 heterocycles. The Bertz CT molecular complexity index is 485. The summed E-state index contributed by atoms with van der Waals surface area (Å²) in [4.78, 5) is 37.3. The van der Waals surface area contributed by atoms with Gasteiger partial charge in [0, 0.05) is 6.20 Å². The number of anilines is 1. The van der Waals surface area contributed by atoms with E-state index in [2.05, 4.69) is 4.98 Å². The molecule has 1 aliphatic heterocycles. The summed E-state index contributed by atoms with van der Waals surface area (Å²) in [6, 6.07) is 1.36. The fourth-order valence-electron chi connectivity index (χ4n) is 1.55. The number of hydrogen-bond acceptors (Lipinski definition) is 5. The van der Waals surface area contributed by atoms with Crippen molar-refractivity contribution >= 4 is 23.1 Å². The van der Waals surface area contributed by atoms with E-state index < -0.39 is 10.8 Å². The van der Waals surface area contributed by atoms with E-state index in [0.717, 1.165) is 11.1 Å². The minimum Gasteiger partial charge on any atom is -0.298 e. The summed E-state index contributed by atoms with van der Waals surface area (Å²) in [6.45, 7) is -0.107. The van der Waals surface area contributed by atoms with Gasteiger partial charge in [-0.3, -0.25) is 29.6 Å². The molecule has 0 aromatic carbocycles. The van der Waals surface area contributed by atoms with E-state index in [1.54, 1.807) is 0 Å². The van der Waals surface area contributed by atoms with Gasteiger partial charge in [-0.1, -0.05) is 0 Å². The highest BCUT2D eigenvalue weighted by Gasteiger charge is 2.32. The van der Waals surface area contributed by atoms with Crippen LogP contribution in [0.4, 0.5) is 11.4 Å². The van der Waals surface area contributed by atoms with Crippen molar-refractivity contribution in [1.29, 1.82) is 0 Å². The fraction of sp³-hybridized carbons (Fsp3) is 0.222. The maximum Gasteiger partial charge on any atom is 0.311 e. The molecule has 1 fully saturated rings. The number of ketones is 1. The molecule has 0 atom stereocenters. The maximum atomic E-state index is 11.4. The molecule has 7 heteroatoms. The second-order valence-electron chi connectivity index (χ2n) is 3.32. The van der Waals surface area contributed by atoms with Crippen LogP contribution in [-0.4, -0.2) is 28.1 Å². The molecule has 0 aliphatic carbocycles. The average Bonchev–Trinajstić information content (AvgIpc) is 2.57. The third-order valence-corrected chi connectivity index (χ3v) is 2.25. The summed E-state index contributed by atoms with van der Waals surface area (Å²) in [7, 11) is 0. The number of carbonyl (C=O) groups excluding carboxylic acids is 2. The molecular weight excluding hydrogens is 214 g/mol. The summed E-state index contributed by atoms with van der Waals surface area (Å²) in [6.07, 6.45) is 2.21. The Balaban J connectivity index is 2.44. The number of rotatable bonds is 2. The summed E-state index contributed by atoms with van der Waals surface area (Å²) < 4.78 is 0. The minimum absolute atomic E-state index is 0.107. The number of pyridine rings is 1. The van der Waals surface area contributed by atoms with E-state index in [9.17, 15) is 19.7 Å². The molecule has 0 saturated carbocycles. The smallest absolute Gasteiger partial charge is 0.298 e. The zero-order chi connectivity index (χ0) is 11.7. The monoisotopic (exact) mass is 221 g/mol.